The van der Waals surface area contributed by atoms with E-state index in [0.29, 0.717) is 24.3 Å². The third kappa shape index (κ3) is 19.9. The molecule has 1 aliphatic heterocycles. The van der Waals surface area contributed by atoms with Crippen molar-refractivity contribution >= 4 is 53.7 Å². The first kappa shape index (κ1) is 59.1. The molecule has 21 nitrogen and oxygen atoms in total. The van der Waals surface area contributed by atoms with Crippen LogP contribution in [0.15, 0.2) is 79.0 Å². The number of hydrazine groups is 1. The van der Waals surface area contributed by atoms with Gasteiger partial charge in [0.05, 0.1) is 32.5 Å². The van der Waals surface area contributed by atoms with E-state index in [1.54, 1.807) is 52.7 Å². The first-order valence-electron chi connectivity index (χ1n) is 24.7. The number of carbonyl (C=O) groups is 9. The molecule has 2 aromatic carbocycles. The molecule has 1 aliphatic rings. The second-order valence-electron chi connectivity index (χ2n) is 20.0. The Morgan fingerprint density at radius 1 is 0.662 bits per heavy atom. The summed E-state index contributed by atoms with van der Waals surface area (Å²) in [6.45, 7) is 10.8. The van der Waals surface area contributed by atoms with E-state index in [0.717, 1.165) is 22.4 Å². The van der Waals surface area contributed by atoms with Crippen LogP contribution in [0.2, 0.25) is 0 Å². The largest absolute Gasteiger partial charge is 0.459 e. The summed E-state index contributed by atoms with van der Waals surface area (Å²) in [5, 5.41) is 13.1. The van der Waals surface area contributed by atoms with Crippen LogP contribution in [0, 0.1) is 10.8 Å². The molecule has 4 atom stereocenters. The zero-order valence-corrected chi connectivity index (χ0v) is 43.7. The highest BCUT2D eigenvalue weighted by molar-refractivity contribution is 6.01. The summed E-state index contributed by atoms with van der Waals surface area (Å²) in [5.74, 6) is -4.07. The van der Waals surface area contributed by atoms with E-state index in [-0.39, 0.29) is 70.5 Å². The summed E-state index contributed by atoms with van der Waals surface area (Å²) in [5.41, 5.74) is 4.46. The number of hydrogen-bond acceptors (Lipinski definition) is 15. The van der Waals surface area contributed by atoms with E-state index in [2.05, 4.69) is 31.7 Å². The topological polar surface area (TPSA) is 270 Å². The number of benzene rings is 2. The summed E-state index contributed by atoms with van der Waals surface area (Å²) in [6.07, 6.45) is 0.296. The molecule has 7 amide bonds. The van der Waals surface area contributed by atoms with E-state index in [4.69, 9.17) is 19.0 Å². The number of pyridine rings is 1. The van der Waals surface area contributed by atoms with Gasteiger partial charge in [0, 0.05) is 57.0 Å². The van der Waals surface area contributed by atoms with Crippen molar-refractivity contribution in [3.8, 4) is 11.3 Å². The number of unbranched alkanes of at least 4 members (excludes halogenated alkanes) is 2. The molecule has 4 rings (SSSR count). The highest BCUT2D eigenvalue weighted by atomic mass is 16.7. The van der Waals surface area contributed by atoms with Crippen molar-refractivity contribution in [2.75, 3.05) is 27.3 Å². The normalized spacial score (nSPS) is 14.2. The smallest absolute Gasteiger partial charge is 0.407 e. The maximum atomic E-state index is 14.4. The maximum absolute atomic E-state index is 14.4. The Balaban J connectivity index is 1.58. The van der Waals surface area contributed by atoms with Crippen molar-refractivity contribution in [3.05, 3.63) is 90.1 Å². The summed E-state index contributed by atoms with van der Waals surface area (Å²) in [4.78, 5) is 125. The van der Waals surface area contributed by atoms with Gasteiger partial charge in [-0.05, 0) is 59.8 Å². The fourth-order valence-electron chi connectivity index (χ4n) is 7.80. The Labute approximate surface area is 432 Å². The number of aromatic nitrogens is 1. The van der Waals surface area contributed by atoms with Crippen LogP contribution < -0.4 is 26.7 Å². The van der Waals surface area contributed by atoms with Crippen LogP contribution in [-0.4, -0.2) is 120 Å². The van der Waals surface area contributed by atoms with Gasteiger partial charge in [0.1, 0.15) is 18.2 Å². The number of hydroxylamine groups is 2. The lowest BCUT2D eigenvalue weighted by atomic mass is 9.85. The number of alkyl carbamates (subject to hydrolysis) is 2. The van der Waals surface area contributed by atoms with Gasteiger partial charge in [-0.1, -0.05) is 109 Å². The molecule has 21 heteroatoms. The van der Waals surface area contributed by atoms with Crippen LogP contribution in [0.25, 0.3) is 11.3 Å². The Bertz CT molecular complexity index is 2360. The minimum Gasteiger partial charge on any atom is -0.459 e. The summed E-state index contributed by atoms with van der Waals surface area (Å²) in [6, 6.07) is 19.2. The molecular formula is C53H72N8O13. The molecule has 74 heavy (non-hydrogen) atoms. The minimum absolute atomic E-state index is 0.00719. The number of esters is 1. The lowest BCUT2D eigenvalue weighted by Crippen LogP contribution is -2.61. The molecule has 0 bridgehead atoms. The van der Waals surface area contributed by atoms with Gasteiger partial charge in [0.2, 0.25) is 11.8 Å². The highest BCUT2D eigenvalue weighted by Gasteiger charge is 2.39. The number of imide groups is 1. The Morgan fingerprint density at radius 3 is 1.84 bits per heavy atom. The number of rotatable bonds is 26. The van der Waals surface area contributed by atoms with Crippen LogP contribution in [0.5, 0.6) is 0 Å². The maximum Gasteiger partial charge on any atom is 0.407 e. The molecule has 0 spiro atoms. The van der Waals surface area contributed by atoms with Gasteiger partial charge < -0.3 is 40.3 Å². The van der Waals surface area contributed by atoms with Crippen molar-refractivity contribution in [2.45, 2.75) is 137 Å². The quantitative estimate of drug-likeness (QED) is 0.0227. The van der Waals surface area contributed by atoms with Gasteiger partial charge in [0.25, 0.3) is 17.7 Å². The van der Waals surface area contributed by atoms with Gasteiger partial charge in [-0.3, -0.25) is 39.2 Å². The Kier molecular flexibility index (Phi) is 23.0. The number of nitrogens with zero attached hydrogens (tertiary/aromatic N) is 3. The number of methoxy groups -OCH3 is 2. The standard InChI is InChI=1S/C53H72N8O13/c1-52(2,3)46(57-50(69)71-7)48(67)56-39(32-35-18-11-9-12-19-35)40(73-44(65)22-13-10-15-31-55-41(62)21-17-23-45(66)74-61-42(63)28-29-43(61)64)34-60(59-49(68)47(53(4,5)6)58-51(70)72-8)33-36-24-26-37(27-25-36)38-20-14-16-30-54-38/h9,11-12,14,16,18-20,24-27,30,39-40,46-47H,10,13,15,17,21-23,28-29,31-34H2,1-8H3,(H,55,62)(H,56,67)(H,57,69)(H,58,70)(H,59,68)/t39-,40-,46+,47+/m0/s1. The van der Waals surface area contributed by atoms with E-state index in [1.807, 2.05) is 72.8 Å². The van der Waals surface area contributed by atoms with E-state index < -0.39 is 82.8 Å². The fourth-order valence-corrected chi connectivity index (χ4v) is 7.80. The molecule has 1 aromatic heterocycles. The average Bonchev–Trinajstić information content (AvgIpc) is 3.67. The predicted octanol–water partition coefficient (Wildman–Crippen LogP) is 5.22. The number of carbonyl (C=O) groups excluding carboxylic acids is 9. The SMILES string of the molecule is COC(=O)N[C@H](C(=O)N[C@@H](Cc1ccccc1)[C@H](CN(Cc1ccc(-c2ccccn2)cc1)NC(=O)[C@@H](NC(=O)OC)C(C)(C)C)OC(=O)CCCCCNC(=O)CCCC(=O)ON1C(=O)CCC1=O)C(C)(C)C. The van der Waals surface area contributed by atoms with E-state index in [9.17, 15) is 43.2 Å². The van der Waals surface area contributed by atoms with E-state index in [1.165, 1.54) is 14.2 Å². The second kappa shape index (κ2) is 28.7. The van der Waals surface area contributed by atoms with Gasteiger partial charge in [0.15, 0.2) is 0 Å². The summed E-state index contributed by atoms with van der Waals surface area (Å²) < 4.78 is 16.1. The highest BCUT2D eigenvalue weighted by Crippen LogP contribution is 2.24. The van der Waals surface area contributed by atoms with Crippen molar-refractivity contribution < 1.29 is 62.2 Å². The predicted molar refractivity (Wildman–Crippen MR) is 270 cm³/mol. The zero-order chi connectivity index (χ0) is 54.4. The van der Waals surface area contributed by atoms with E-state index >= 15 is 0 Å². The summed E-state index contributed by atoms with van der Waals surface area (Å²) >= 11 is 0. The van der Waals surface area contributed by atoms with Crippen LogP contribution in [0.4, 0.5) is 9.59 Å². The number of ether oxygens (including phenoxy) is 3. The number of amides is 7. The molecule has 402 valence electrons. The first-order valence-corrected chi connectivity index (χ1v) is 24.7. The van der Waals surface area contributed by atoms with Gasteiger partial charge in [-0.25, -0.2) is 19.4 Å². The monoisotopic (exact) mass is 1030 g/mol. The number of nitrogens with one attached hydrogen (secondary N) is 5. The first-order chi connectivity index (χ1) is 35.1. The third-order valence-corrected chi connectivity index (χ3v) is 11.8. The molecule has 3 aromatic rings. The third-order valence-electron chi connectivity index (χ3n) is 11.8. The van der Waals surface area contributed by atoms with Crippen LogP contribution in [-0.2, 0) is 65.6 Å². The molecule has 0 radical (unpaired) electrons. The number of hydrogen-bond donors (Lipinski definition) is 5. The molecule has 1 saturated heterocycles. The van der Waals surface area contributed by atoms with Crippen LogP contribution in [0.1, 0.15) is 110 Å². The molecule has 2 heterocycles. The van der Waals surface area contributed by atoms with Crippen molar-refractivity contribution in [1.82, 2.24) is 41.7 Å². The Morgan fingerprint density at radius 2 is 1.26 bits per heavy atom. The molecule has 0 aliphatic carbocycles. The lowest BCUT2D eigenvalue weighted by molar-refractivity contribution is -0.197. The van der Waals surface area contributed by atoms with Gasteiger partial charge in [-0.2, -0.15) is 0 Å². The average molecular weight is 1030 g/mol. The molecule has 0 unspecified atom stereocenters. The van der Waals surface area contributed by atoms with Crippen LogP contribution in [0.3, 0.4) is 0 Å². The molecule has 0 saturated carbocycles. The summed E-state index contributed by atoms with van der Waals surface area (Å²) in [7, 11) is 2.38. The lowest BCUT2D eigenvalue weighted by Gasteiger charge is -2.37. The molecular weight excluding hydrogens is 957 g/mol. The minimum atomic E-state index is -1.16. The fraction of sp³-hybridized carbons (Fsp3) is 0.509. The van der Waals surface area contributed by atoms with Crippen molar-refractivity contribution in [1.29, 1.82) is 0 Å². The van der Waals surface area contributed by atoms with Crippen LogP contribution >= 0.6 is 0 Å². The van der Waals surface area contributed by atoms with Gasteiger partial charge >= 0.3 is 24.1 Å². The van der Waals surface area contributed by atoms with Gasteiger partial charge in [-0.15, -0.1) is 5.06 Å². The second-order valence-corrected chi connectivity index (χ2v) is 20.0. The molecule has 5 N–H and O–H groups in total. The van der Waals surface area contributed by atoms with Crippen molar-refractivity contribution in [3.63, 3.8) is 0 Å². The Hall–Kier alpha value is -7.42. The molecule has 1 fully saturated rings. The van der Waals surface area contributed by atoms with Crippen molar-refractivity contribution in [2.24, 2.45) is 10.8 Å². The zero-order valence-electron chi connectivity index (χ0n) is 43.7.